The summed E-state index contributed by atoms with van der Waals surface area (Å²) in [6.45, 7) is 3.37. The van der Waals surface area contributed by atoms with Crippen LogP contribution >= 0.6 is 0 Å². The number of unbranched alkanes of at least 4 members (excludes halogenated alkanes) is 8. The predicted molar refractivity (Wildman–Crippen MR) is 123 cm³/mol. The van der Waals surface area contributed by atoms with Crippen molar-refractivity contribution in [3.05, 3.63) is 71.8 Å². The normalized spacial score (nSPS) is 12.4. The fraction of sp³-hybridized carbons (Fsp3) is 0.556. The minimum absolute atomic E-state index is 0. The molecule has 0 bridgehead atoms. The van der Waals surface area contributed by atoms with Crippen LogP contribution in [0.1, 0.15) is 88.3 Å². The molecule has 0 aliphatic rings. The Morgan fingerprint density at radius 3 is 1.69 bits per heavy atom. The molecule has 1 unspecified atom stereocenters. The molecule has 0 spiro atoms. The second-order valence-corrected chi connectivity index (χ2v) is 8.97. The van der Waals surface area contributed by atoms with E-state index < -0.39 is 0 Å². The fourth-order valence-electron chi connectivity index (χ4n) is 4.41. The van der Waals surface area contributed by atoms with Crippen LogP contribution in [0, 0.1) is 0 Å². The third-order valence-corrected chi connectivity index (χ3v) is 6.04. The van der Waals surface area contributed by atoms with E-state index in [-0.39, 0.29) is 12.4 Å². The standard InChI is InChI=1S/C27H42N.ClH/c1-4-5-6-7-8-9-10-11-18-23-27(26-21-16-13-17-22-26)28(2,3)24-25-19-14-12-15-20-25;/h12-17,19-22,27H,4-11,18,23-24H2,1-3H3;1H/q+1;/p-1. The molecule has 0 aromatic heterocycles. The van der Waals surface area contributed by atoms with Gasteiger partial charge in [-0.3, -0.25) is 0 Å². The molecule has 0 aliphatic heterocycles. The lowest BCUT2D eigenvalue weighted by Gasteiger charge is -2.39. The number of quaternary nitrogens is 1. The van der Waals surface area contributed by atoms with Crippen LogP contribution in [-0.4, -0.2) is 18.6 Å². The largest absolute Gasteiger partial charge is 1.00 e. The molecule has 0 radical (unpaired) electrons. The first-order chi connectivity index (χ1) is 13.6. The van der Waals surface area contributed by atoms with Crippen LogP contribution in [0.3, 0.4) is 0 Å². The Morgan fingerprint density at radius 1 is 0.655 bits per heavy atom. The molecule has 0 amide bonds. The first-order valence-electron chi connectivity index (χ1n) is 11.5. The van der Waals surface area contributed by atoms with Gasteiger partial charge in [0.2, 0.25) is 0 Å². The first kappa shape index (κ1) is 25.7. The molecule has 29 heavy (non-hydrogen) atoms. The minimum Gasteiger partial charge on any atom is -1.00 e. The molecule has 0 fully saturated rings. The van der Waals surface area contributed by atoms with Crippen molar-refractivity contribution in [1.29, 1.82) is 0 Å². The summed E-state index contributed by atoms with van der Waals surface area (Å²) >= 11 is 0. The molecule has 0 saturated heterocycles. The number of nitrogens with zero attached hydrogens (tertiary/aromatic N) is 1. The van der Waals surface area contributed by atoms with Crippen LogP contribution in [0.25, 0.3) is 0 Å². The molecular weight excluding hydrogens is 374 g/mol. The maximum absolute atomic E-state index is 2.40. The van der Waals surface area contributed by atoms with Gasteiger partial charge in [0.15, 0.2) is 0 Å². The Morgan fingerprint density at radius 2 is 1.14 bits per heavy atom. The van der Waals surface area contributed by atoms with Gasteiger partial charge >= 0.3 is 0 Å². The zero-order chi connectivity index (χ0) is 20.1. The lowest BCUT2D eigenvalue weighted by atomic mass is 9.96. The van der Waals surface area contributed by atoms with Gasteiger partial charge in [0.05, 0.1) is 14.1 Å². The number of rotatable bonds is 14. The zero-order valence-electron chi connectivity index (χ0n) is 19.0. The minimum atomic E-state index is 0. The SMILES string of the molecule is CCCCCCCCCCCC(c1ccccc1)[N+](C)(C)Cc1ccccc1.[Cl-]. The predicted octanol–water partition coefficient (Wildman–Crippen LogP) is 4.93. The summed E-state index contributed by atoms with van der Waals surface area (Å²) in [5.41, 5.74) is 2.92. The van der Waals surface area contributed by atoms with Crippen molar-refractivity contribution in [2.45, 2.75) is 83.7 Å². The summed E-state index contributed by atoms with van der Waals surface area (Å²) in [5.74, 6) is 0. The maximum atomic E-state index is 2.40. The summed E-state index contributed by atoms with van der Waals surface area (Å²) in [6.07, 6.45) is 13.9. The van der Waals surface area contributed by atoms with E-state index in [0.29, 0.717) is 6.04 Å². The van der Waals surface area contributed by atoms with Gasteiger partial charge in [-0.15, -0.1) is 0 Å². The van der Waals surface area contributed by atoms with Gasteiger partial charge in [-0.25, -0.2) is 0 Å². The van der Waals surface area contributed by atoms with Crippen molar-refractivity contribution >= 4 is 0 Å². The van der Waals surface area contributed by atoms with Crippen molar-refractivity contribution < 1.29 is 16.9 Å². The van der Waals surface area contributed by atoms with Crippen molar-refractivity contribution in [1.82, 2.24) is 0 Å². The van der Waals surface area contributed by atoms with Gasteiger partial charge in [0.25, 0.3) is 0 Å². The molecule has 0 heterocycles. The Hall–Kier alpha value is -1.31. The Labute approximate surface area is 186 Å². The summed E-state index contributed by atoms with van der Waals surface area (Å²) < 4.78 is 1.02. The van der Waals surface area contributed by atoms with E-state index >= 15 is 0 Å². The van der Waals surface area contributed by atoms with Gasteiger partial charge in [0, 0.05) is 17.5 Å². The third kappa shape index (κ3) is 9.83. The lowest BCUT2D eigenvalue weighted by molar-refractivity contribution is -0.934. The van der Waals surface area contributed by atoms with Crippen molar-refractivity contribution in [2.75, 3.05) is 14.1 Å². The van der Waals surface area contributed by atoms with Crippen LogP contribution in [-0.2, 0) is 6.54 Å². The van der Waals surface area contributed by atoms with Crippen molar-refractivity contribution in [3.8, 4) is 0 Å². The van der Waals surface area contributed by atoms with Gasteiger partial charge in [0.1, 0.15) is 12.6 Å². The van der Waals surface area contributed by atoms with Crippen LogP contribution in [0.2, 0.25) is 0 Å². The molecule has 0 saturated carbocycles. The van der Waals surface area contributed by atoms with Crippen molar-refractivity contribution in [2.24, 2.45) is 0 Å². The van der Waals surface area contributed by atoms with E-state index in [2.05, 4.69) is 81.7 Å². The van der Waals surface area contributed by atoms with E-state index in [1.165, 1.54) is 75.3 Å². The van der Waals surface area contributed by atoms with Crippen LogP contribution in [0.4, 0.5) is 0 Å². The summed E-state index contributed by atoms with van der Waals surface area (Å²) in [6, 6.07) is 22.7. The number of benzene rings is 2. The maximum Gasteiger partial charge on any atom is 0.114 e. The molecule has 2 heteroatoms. The van der Waals surface area contributed by atoms with Gasteiger partial charge in [-0.1, -0.05) is 119 Å². The molecule has 2 aromatic carbocycles. The average molecular weight is 416 g/mol. The molecule has 1 nitrogen and oxygen atoms in total. The second-order valence-electron chi connectivity index (χ2n) is 8.97. The molecule has 2 aromatic rings. The van der Waals surface area contributed by atoms with Crippen LogP contribution in [0.15, 0.2) is 60.7 Å². The lowest BCUT2D eigenvalue weighted by Crippen LogP contribution is -3.00. The van der Waals surface area contributed by atoms with E-state index in [1.54, 1.807) is 0 Å². The molecule has 0 N–H and O–H groups in total. The smallest absolute Gasteiger partial charge is 0.114 e. The second kappa shape index (κ2) is 14.6. The molecule has 162 valence electrons. The summed E-state index contributed by atoms with van der Waals surface area (Å²) in [4.78, 5) is 0. The van der Waals surface area contributed by atoms with Gasteiger partial charge in [-0.2, -0.15) is 0 Å². The Kier molecular flexibility index (Phi) is 13.0. The van der Waals surface area contributed by atoms with Crippen LogP contribution in [0.5, 0.6) is 0 Å². The van der Waals surface area contributed by atoms with Gasteiger partial charge < -0.3 is 16.9 Å². The Balaban J connectivity index is 0.00000420. The number of hydrogen-bond donors (Lipinski definition) is 0. The highest BCUT2D eigenvalue weighted by Crippen LogP contribution is 2.32. The van der Waals surface area contributed by atoms with E-state index in [4.69, 9.17) is 0 Å². The molecular formula is C27H42ClN. The number of hydrogen-bond acceptors (Lipinski definition) is 0. The number of halogens is 1. The van der Waals surface area contributed by atoms with Gasteiger partial charge in [-0.05, 0) is 6.42 Å². The summed E-state index contributed by atoms with van der Waals surface area (Å²) in [5, 5.41) is 0. The van der Waals surface area contributed by atoms with E-state index in [1.807, 2.05) is 0 Å². The average Bonchev–Trinajstić information content (AvgIpc) is 2.70. The molecule has 1 atom stereocenters. The van der Waals surface area contributed by atoms with Crippen LogP contribution < -0.4 is 12.4 Å². The monoisotopic (exact) mass is 415 g/mol. The topological polar surface area (TPSA) is 0 Å². The Bertz CT molecular complexity index is 624. The quantitative estimate of drug-likeness (QED) is 0.303. The molecule has 2 rings (SSSR count). The summed E-state index contributed by atoms with van der Waals surface area (Å²) in [7, 11) is 4.80. The van der Waals surface area contributed by atoms with Crippen molar-refractivity contribution in [3.63, 3.8) is 0 Å². The highest BCUT2D eigenvalue weighted by Gasteiger charge is 2.29. The van der Waals surface area contributed by atoms with E-state index in [0.717, 1.165) is 11.0 Å². The highest BCUT2D eigenvalue weighted by molar-refractivity contribution is 5.18. The van der Waals surface area contributed by atoms with E-state index in [9.17, 15) is 0 Å². The highest BCUT2D eigenvalue weighted by atomic mass is 35.5. The molecule has 0 aliphatic carbocycles. The first-order valence-corrected chi connectivity index (χ1v) is 11.5. The third-order valence-electron chi connectivity index (χ3n) is 6.04. The fourth-order valence-corrected chi connectivity index (χ4v) is 4.41. The zero-order valence-corrected chi connectivity index (χ0v) is 19.7.